The molecule has 1 fully saturated rings. The van der Waals surface area contributed by atoms with Crippen molar-refractivity contribution in [3.05, 3.63) is 0 Å². The predicted octanol–water partition coefficient (Wildman–Crippen LogP) is 1.13. The monoisotopic (exact) mass is 198 g/mol. The second kappa shape index (κ2) is 5.35. The molecule has 0 spiro atoms. The van der Waals surface area contributed by atoms with Gasteiger partial charge in [0.2, 0.25) is 5.91 Å². The predicted molar refractivity (Wildman–Crippen MR) is 57.7 cm³/mol. The molecule has 0 aromatic heterocycles. The Balaban J connectivity index is 2.17. The largest absolute Gasteiger partial charge is 0.356 e. The minimum absolute atomic E-state index is 0.0988. The molecule has 0 aliphatic heterocycles. The number of carbonyl (C=O) groups is 1. The summed E-state index contributed by atoms with van der Waals surface area (Å²) in [5.74, 6) is 1.62. The van der Waals surface area contributed by atoms with Gasteiger partial charge in [-0.15, -0.1) is 0 Å². The molecule has 1 saturated carbocycles. The van der Waals surface area contributed by atoms with Crippen LogP contribution in [0.4, 0.5) is 0 Å². The van der Waals surface area contributed by atoms with E-state index in [0.29, 0.717) is 11.8 Å². The van der Waals surface area contributed by atoms with Gasteiger partial charge in [0.25, 0.3) is 0 Å². The Hall–Kier alpha value is -0.570. The molecule has 0 saturated heterocycles. The van der Waals surface area contributed by atoms with E-state index in [4.69, 9.17) is 5.73 Å². The zero-order valence-electron chi connectivity index (χ0n) is 9.25. The molecule has 82 valence electrons. The van der Waals surface area contributed by atoms with Crippen LogP contribution in [0.2, 0.25) is 0 Å². The van der Waals surface area contributed by atoms with Gasteiger partial charge in [0, 0.05) is 12.5 Å². The first-order valence-electron chi connectivity index (χ1n) is 5.61. The van der Waals surface area contributed by atoms with Crippen molar-refractivity contribution in [2.45, 2.75) is 33.1 Å². The highest BCUT2D eigenvalue weighted by Crippen LogP contribution is 2.29. The maximum atomic E-state index is 11.3. The lowest BCUT2D eigenvalue weighted by Crippen LogP contribution is -2.31. The first-order chi connectivity index (χ1) is 6.63. The van der Waals surface area contributed by atoms with Crippen molar-refractivity contribution in [1.82, 2.24) is 5.32 Å². The molecular weight excluding hydrogens is 176 g/mol. The Kier molecular flexibility index (Phi) is 4.39. The van der Waals surface area contributed by atoms with E-state index >= 15 is 0 Å². The van der Waals surface area contributed by atoms with Crippen LogP contribution in [-0.4, -0.2) is 19.0 Å². The molecule has 3 nitrogen and oxygen atoms in total. The number of carbonyl (C=O) groups excluding carboxylic acids is 1. The first-order valence-corrected chi connectivity index (χ1v) is 5.61. The molecule has 3 N–H and O–H groups in total. The lowest BCUT2D eigenvalue weighted by atomic mass is 10.0. The smallest absolute Gasteiger partial charge is 0.222 e. The van der Waals surface area contributed by atoms with Crippen LogP contribution in [0.1, 0.15) is 33.1 Å². The summed E-state index contributed by atoms with van der Waals surface area (Å²) in [4.78, 5) is 11.3. The van der Waals surface area contributed by atoms with E-state index in [1.54, 1.807) is 0 Å². The van der Waals surface area contributed by atoms with E-state index in [0.717, 1.165) is 13.1 Å². The fraction of sp³-hybridized carbons (Fsp3) is 0.909. The van der Waals surface area contributed by atoms with Gasteiger partial charge in [-0.25, -0.2) is 0 Å². The second-order valence-corrected chi connectivity index (χ2v) is 4.68. The van der Waals surface area contributed by atoms with Crippen molar-refractivity contribution in [3.63, 3.8) is 0 Å². The number of nitrogens with one attached hydrogen (secondary N) is 1. The molecule has 0 unspecified atom stereocenters. The molecule has 0 bridgehead atoms. The van der Waals surface area contributed by atoms with E-state index in [2.05, 4.69) is 5.32 Å². The summed E-state index contributed by atoms with van der Waals surface area (Å²) in [7, 11) is 0. The van der Waals surface area contributed by atoms with E-state index in [1.165, 1.54) is 19.3 Å². The van der Waals surface area contributed by atoms with E-state index in [-0.39, 0.29) is 11.8 Å². The fourth-order valence-corrected chi connectivity index (χ4v) is 2.03. The van der Waals surface area contributed by atoms with Gasteiger partial charge in [-0.1, -0.05) is 13.8 Å². The summed E-state index contributed by atoms with van der Waals surface area (Å²) in [5, 5.41) is 2.99. The maximum absolute atomic E-state index is 11.3. The van der Waals surface area contributed by atoms with Crippen LogP contribution in [0.15, 0.2) is 0 Å². The molecule has 1 rings (SSSR count). The van der Waals surface area contributed by atoms with Gasteiger partial charge < -0.3 is 11.1 Å². The highest BCUT2D eigenvalue weighted by atomic mass is 16.1. The number of hydrogen-bond acceptors (Lipinski definition) is 2. The molecule has 1 aliphatic carbocycles. The Morgan fingerprint density at radius 1 is 1.43 bits per heavy atom. The SMILES string of the molecule is CC(C)C(=O)NC[C@H]1CC[C@@H](CN)C1. The molecule has 1 amide bonds. The third kappa shape index (κ3) is 3.29. The maximum Gasteiger partial charge on any atom is 0.222 e. The number of rotatable bonds is 4. The van der Waals surface area contributed by atoms with Crippen molar-refractivity contribution in [2.75, 3.05) is 13.1 Å². The van der Waals surface area contributed by atoms with Crippen LogP contribution in [0, 0.1) is 17.8 Å². The Labute approximate surface area is 86.4 Å². The minimum Gasteiger partial charge on any atom is -0.356 e. The van der Waals surface area contributed by atoms with Crippen LogP contribution >= 0.6 is 0 Å². The van der Waals surface area contributed by atoms with E-state index in [1.807, 2.05) is 13.8 Å². The lowest BCUT2D eigenvalue weighted by Gasteiger charge is -2.12. The molecule has 0 aromatic rings. The van der Waals surface area contributed by atoms with E-state index in [9.17, 15) is 4.79 Å². The van der Waals surface area contributed by atoms with Crippen molar-refractivity contribution < 1.29 is 4.79 Å². The van der Waals surface area contributed by atoms with Gasteiger partial charge in [-0.05, 0) is 37.6 Å². The van der Waals surface area contributed by atoms with Gasteiger partial charge in [0.1, 0.15) is 0 Å². The molecule has 0 radical (unpaired) electrons. The van der Waals surface area contributed by atoms with Gasteiger partial charge in [-0.2, -0.15) is 0 Å². The van der Waals surface area contributed by atoms with Gasteiger partial charge >= 0.3 is 0 Å². The number of hydrogen-bond donors (Lipinski definition) is 2. The lowest BCUT2D eigenvalue weighted by molar-refractivity contribution is -0.124. The topological polar surface area (TPSA) is 55.1 Å². The number of amides is 1. The Morgan fingerprint density at radius 2 is 2.07 bits per heavy atom. The summed E-state index contributed by atoms with van der Waals surface area (Å²) >= 11 is 0. The first kappa shape index (κ1) is 11.5. The molecule has 2 atom stereocenters. The second-order valence-electron chi connectivity index (χ2n) is 4.68. The zero-order chi connectivity index (χ0) is 10.6. The Bertz CT molecular complexity index is 192. The standard InChI is InChI=1S/C11H22N2O/c1-8(2)11(14)13-7-10-4-3-9(5-10)6-12/h8-10H,3-7,12H2,1-2H3,(H,13,14)/t9-,10+/m1/s1. The van der Waals surface area contributed by atoms with Crippen LogP contribution < -0.4 is 11.1 Å². The molecule has 1 aliphatic rings. The fourth-order valence-electron chi connectivity index (χ4n) is 2.03. The van der Waals surface area contributed by atoms with Crippen LogP contribution in [-0.2, 0) is 4.79 Å². The van der Waals surface area contributed by atoms with Gasteiger partial charge in [0.05, 0.1) is 0 Å². The summed E-state index contributed by atoms with van der Waals surface area (Å²) in [6.07, 6.45) is 3.65. The average molecular weight is 198 g/mol. The normalized spacial score (nSPS) is 26.9. The average Bonchev–Trinajstić information content (AvgIpc) is 2.61. The molecule has 14 heavy (non-hydrogen) atoms. The van der Waals surface area contributed by atoms with Crippen molar-refractivity contribution in [2.24, 2.45) is 23.5 Å². The third-order valence-electron chi connectivity index (χ3n) is 3.07. The quantitative estimate of drug-likeness (QED) is 0.711. The summed E-state index contributed by atoms with van der Waals surface area (Å²) < 4.78 is 0. The summed E-state index contributed by atoms with van der Waals surface area (Å²) in [6.45, 7) is 5.49. The molecule has 3 heteroatoms. The number of nitrogens with two attached hydrogens (primary N) is 1. The van der Waals surface area contributed by atoms with Crippen molar-refractivity contribution >= 4 is 5.91 Å². The Morgan fingerprint density at radius 3 is 2.57 bits per heavy atom. The van der Waals surface area contributed by atoms with Crippen molar-refractivity contribution in [1.29, 1.82) is 0 Å². The van der Waals surface area contributed by atoms with Gasteiger partial charge in [-0.3, -0.25) is 4.79 Å². The minimum atomic E-state index is 0.0988. The third-order valence-corrected chi connectivity index (χ3v) is 3.07. The van der Waals surface area contributed by atoms with E-state index < -0.39 is 0 Å². The highest BCUT2D eigenvalue weighted by molar-refractivity contribution is 5.77. The highest BCUT2D eigenvalue weighted by Gasteiger charge is 2.23. The summed E-state index contributed by atoms with van der Waals surface area (Å²) in [6, 6.07) is 0. The van der Waals surface area contributed by atoms with Crippen LogP contribution in [0.25, 0.3) is 0 Å². The molecule has 0 aromatic carbocycles. The van der Waals surface area contributed by atoms with Crippen LogP contribution in [0.3, 0.4) is 0 Å². The van der Waals surface area contributed by atoms with Gasteiger partial charge in [0.15, 0.2) is 0 Å². The van der Waals surface area contributed by atoms with Crippen LogP contribution in [0.5, 0.6) is 0 Å². The zero-order valence-corrected chi connectivity index (χ0v) is 9.25. The van der Waals surface area contributed by atoms with Crippen molar-refractivity contribution in [3.8, 4) is 0 Å². The summed E-state index contributed by atoms with van der Waals surface area (Å²) in [5.41, 5.74) is 5.61. The molecular formula is C11H22N2O. The molecule has 0 heterocycles.